The molecule has 198 valence electrons. The zero-order chi connectivity index (χ0) is 26.3. The number of benzene rings is 1. The van der Waals surface area contributed by atoms with Crippen LogP contribution in [0.15, 0.2) is 29.6 Å². The lowest BCUT2D eigenvalue weighted by Gasteiger charge is -2.41. The van der Waals surface area contributed by atoms with E-state index in [9.17, 15) is 18.3 Å². The summed E-state index contributed by atoms with van der Waals surface area (Å²) in [6.07, 6.45) is -4.23. The van der Waals surface area contributed by atoms with Gasteiger partial charge in [0.1, 0.15) is 18.1 Å². The number of methoxy groups -OCH3 is 1. The van der Waals surface area contributed by atoms with Crippen molar-refractivity contribution in [1.29, 1.82) is 0 Å². The number of rotatable bonds is 9. The monoisotopic (exact) mass is 530 g/mol. The van der Waals surface area contributed by atoms with Crippen molar-refractivity contribution in [3.63, 3.8) is 0 Å². The van der Waals surface area contributed by atoms with Crippen molar-refractivity contribution in [3.05, 3.63) is 46.2 Å². The van der Waals surface area contributed by atoms with E-state index in [4.69, 9.17) is 25.9 Å². The highest BCUT2D eigenvalue weighted by Crippen LogP contribution is 2.47. The fourth-order valence-corrected chi connectivity index (χ4v) is 4.98. The summed E-state index contributed by atoms with van der Waals surface area (Å²) < 4.78 is 54.8. The predicted octanol–water partition coefficient (Wildman–Crippen LogP) is 4.32. The third kappa shape index (κ3) is 5.34. The number of nitrogens with zero attached hydrogens (tertiary/aromatic N) is 4. The molecule has 0 saturated heterocycles. The number of ether oxygens (including phenoxy) is 2. The molecule has 2 aromatic rings. The van der Waals surface area contributed by atoms with Gasteiger partial charge in [0.15, 0.2) is 6.10 Å². The quantitative estimate of drug-likeness (QED) is 0.520. The SMILES string of the molecule is COCC1C(c2cccc(OCCN(C)C)c2Cl)=NOC1c1cnn(C2CC(C)(O)C2)c1C(F)(F)F. The van der Waals surface area contributed by atoms with Crippen LogP contribution in [0.4, 0.5) is 13.2 Å². The molecule has 2 heterocycles. The van der Waals surface area contributed by atoms with E-state index in [1.54, 1.807) is 25.1 Å². The molecule has 2 atom stereocenters. The number of aromatic nitrogens is 2. The van der Waals surface area contributed by atoms with E-state index in [2.05, 4.69) is 10.3 Å². The van der Waals surface area contributed by atoms with Gasteiger partial charge >= 0.3 is 6.18 Å². The van der Waals surface area contributed by atoms with E-state index < -0.39 is 35.5 Å². The molecule has 0 radical (unpaired) electrons. The summed E-state index contributed by atoms with van der Waals surface area (Å²) in [7, 11) is 5.30. The Morgan fingerprint density at radius 3 is 2.64 bits per heavy atom. The third-order valence-electron chi connectivity index (χ3n) is 6.46. The summed E-state index contributed by atoms with van der Waals surface area (Å²) in [5.74, 6) is -0.230. The van der Waals surface area contributed by atoms with E-state index in [0.717, 1.165) is 4.68 Å². The third-order valence-corrected chi connectivity index (χ3v) is 6.85. The average molecular weight is 531 g/mol. The van der Waals surface area contributed by atoms with Crippen LogP contribution in [0.25, 0.3) is 0 Å². The maximum Gasteiger partial charge on any atom is 0.433 e. The van der Waals surface area contributed by atoms with Crippen molar-refractivity contribution in [1.82, 2.24) is 14.7 Å². The number of hydrogen-bond donors (Lipinski definition) is 1. The highest BCUT2D eigenvalue weighted by Gasteiger charge is 2.49. The Morgan fingerprint density at radius 1 is 1.31 bits per heavy atom. The molecule has 1 aliphatic heterocycles. The highest BCUT2D eigenvalue weighted by atomic mass is 35.5. The molecule has 12 heteroatoms. The second kappa shape index (κ2) is 10.2. The van der Waals surface area contributed by atoms with Crippen molar-refractivity contribution >= 4 is 17.3 Å². The lowest BCUT2D eigenvalue weighted by molar-refractivity contribution is -0.151. The molecule has 8 nitrogen and oxygen atoms in total. The van der Waals surface area contributed by atoms with Gasteiger partial charge in [0, 0.05) is 24.8 Å². The van der Waals surface area contributed by atoms with Gasteiger partial charge in [-0.3, -0.25) is 4.68 Å². The number of alkyl halides is 3. The topological polar surface area (TPSA) is 81.3 Å². The molecular formula is C24H30ClF3N4O4. The lowest BCUT2D eigenvalue weighted by atomic mass is 9.77. The Morgan fingerprint density at radius 2 is 2.03 bits per heavy atom. The maximum atomic E-state index is 14.2. The lowest BCUT2D eigenvalue weighted by Crippen LogP contribution is -2.43. The summed E-state index contributed by atoms with van der Waals surface area (Å²) in [5, 5.41) is 18.6. The molecule has 4 rings (SSSR count). The molecule has 0 spiro atoms. The average Bonchev–Trinajstić information content (AvgIpc) is 3.37. The first-order valence-corrected chi connectivity index (χ1v) is 12.0. The van der Waals surface area contributed by atoms with Gasteiger partial charge < -0.3 is 24.3 Å². The van der Waals surface area contributed by atoms with Gasteiger partial charge in [0.2, 0.25) is 0 Å². The minimum absolute atomic E-state index is 0.0478. The minimum atomic E-state index is -4.69. The van der Waals surface area contributed by atoms with Crippen LogP contribution < -0.4 is 4.74 Å². The smallest absolute Gasteiger partial charge is 0.433 e. The fourth-order valence-electron chi connectivity index (χ4n) is 4.71. The number of aliphatic hydroxyl groups is 1. The number of oxime groups is 1. The van der Waals surface area contributed by atoms with Crippen LogP contribution in [0.2, 0.25) is 5.02 Å². The van der Waals surface area contributed by atoms with Crippen LogP contribution in [0.5, 0.6) is 5.75 Å². The molecule has 2 unspecified atom stereocenters. The minimum Gasteiger partial charge on any atom is -0.491 e. The van der Waals surface area contributed by atoms with Crippen molar-refractivity contribution in [2.45, 2.75) is 43.7 Å². The molecular weight excluding hydrogens is 501 g/mol. The van der Waals surface area contributed by atoms with Crippen LogP contribution in [0, 0.1) is 5.92 Å². The van der Waals surface area contributed by atoms with Crippen LogP contribution in [0.3, 0.4) is 0 Å². The van der Waals surface area contributed by atoms with Gasteiger partial charge in [-0.25, -0.2) is 0 Å². The number of hydrogen-bond acceptors (Lipinski definition) is 7. The zero-order valence-electron chi connectivity index (χ0n) is 20.5. The van der Waals surface area contributed by atoms with Crippen molar-refractivity contribution < 1.29 is 32.6 Å². The molecule has 2 aliphatic rings. The van der Waals surface area contributed by atoms with E-state index in [-0.39, 0.29) is 25.0 Å². The Hall–Kier alpha value is -2.34. The van der Waals surface area contributed by atoms with Crippen molar-refractivity contribution in [3.8, 4) is 5.75 Å². The second-order valence-electron chi connectivity index (χ2n) is 9.78. The summed E-state index contributed by atoms with van der Waals surface area (Å²) in [5.41, 5.74) is -1.17. The molecule has 1 aromatic heterocycles. The normalized spacial score (nSPS) is 26.1. The number of likely N-dealkylation sites (N-methyl/N-ethyl adjacent to an activating group) is 1. The van der Waals surface area contributed by atoms with Gasteiger partial charge in [-0.15, -0.1) is 0 Å². The van der Waals surface area contributed by atoms with Gasteiger partial charge in [-0.1, -0.05) is 28.9 Å². The summed E-state index contributed by atoms with van der Waals surface area (Å²) >= 11 is 6.63. The van der Waals surface area contributed by atoms with E-state index in [1.165, 1.54) is 13.3 Å². The molecule has 1 fully saturated rings. The Bertz CT molecular complexity index is 1110. The summed E-state index contributed by atoms with van der Waals surface area (Å²) in [4.78, 5) is 7.57. The van der Waals surface area contributed by atoms with Crippen LogP contribution >= 0.6 is 11.6 Å². The van der Waals surface area contributed by atoms with Crippen LogP contribution in [-0.2, 0) is 15.8 Å². The molecule has 1 saturated carbocycles. The van der Waals surface area contributed by atoms with Crippen LogP contribution in [-0.4, -0.2) is 72.1 Å². The first-order valence-electron chi connectivity index (χ1n) is 11.6. The molecule has 1 aliphatic carbocycles. The second-order valence-corrected chi connectivity index (χ2v) is 10.2. The Kier molecular flexibility index (Phi) is 7.57. The summed E-state index contributed by atoms with van der Waals surface area (Å²) in [6.45, 7) is 2.73. The largest absolute Gasteiger partial charge is 0.491 e. The Labute approximate surface area is 212 Å². The zero-order valence-corrected chi connectivity index (χ0v) is 21.3. The first-order chi connectivity index (χ1) is 16.9. The van der Waals surface area contributed by atoms with Gasteiger partial charge in [-0.05, 0) is 39.9 Å². The van der Waals surface area contributed by atoms with Gasteiger partial charge in [0.25, 0.3) is 0 Å². The van der Waals surface area contributed by atoms with Crippen LogP contribution in [0.1, 0.15) is 48.7 Å². The number of halogens is 4. The maximum absolute atomic E-state index is 14.2. The summed E-state index contributed by atoms with van der Waals surface area (Å²) in [6, 6.07) is 4.63. The standard InChI is InChI=1S/C24H30ClF3N4O4/c1-23(33)10-14(11-23)32-22(24(26,27)28)16(12-29-32)21-17(13-34-4)20(30-36-21)15-6-5-7-18(19(15)25)35-9-8-31(2)3/h5-7,12,14,17,21,33H,8-11,13H2,1-4H3. The molecule has 0 bridgehead atoms. The Balaban J connectivity index is 1.65. The van der Waals surface area contributed by atoms with E-state index in [0.29, 0.717) is 35.2 Å². The molecule has 1 N–H and O–H groups in total. The van der Waals surface area contributed by atoms with Gasteiger partial charge in [-0.2, -0.15) is 18.3 Å². The highest BCUT2D eigenvalue weighted by molar-refractivity contribution is 6.35. The van der Waals surface area contributed by atoms with E-state index >= 15 is 0 Å². The van der Waals surface area contributed by atoms with Crippen molar-refractivity contribution in [2.24, 2.45) is 11.1 Å². The van der Waals surface area contributed by atoms with E-state index in [1.807, 2.05) is 19.0 Å². The molecule has 0 amide bonds. The first kappa shape index (κ1) is 26.7. The molecule has 36 heavy (non-hydrogen) atoms. The predicted molar refractivity (Wildman–Crippen MR) is 127 cm³/mol. The fraction of sp³-hybridized carbons (Fsp3) is 0.583. The molecule has 1 aromatic carbocycles. The van der Waals surface area contributed by atoms with Crippen molar-refractivity contribution in [2.75, 3.05) is 41.0 Å². The van der Waals surface area contributed by atoms with Gasteiger partial charge in [0.05, 0.1) is 41.1 Å².